The summed E-state index contributed by atoms with van der Waals surface area (Å²) in [5, 5.41) is 2.71. The number of nitrogens with one attached hydrogen (secondary N) is 1. The molecule has 92 valence electrons. The van der Waals surface area contributed by atoms with E-state index in [-0.39, 0.29) is 5.41 Å². The molecular formula is C12H22N2O2. The number of carbonyl (C=O) groups is 2. The Labute approximate surface area is 97.4 Å². The van der Waals surface area contributed by atoms with Crippen LogP contribution in [0.4, 0.5) is 0 Å². The van der Waals surface area contributed by atoms with Gasteiger partial charge in [0.2, 0.25) is 5.78 Å². The molecule has 0 bridgehead atoms. The Hall–Kier alpha value is -0.900. The van der Waals surface area contributed by atoms with Crippen LogP contribution in [0, 0.1) is 11.3 Å². The third-order valence-corrected chi connectivity index (χ3v) is 3.52. The molecule has 0 spiro atoms. The molecule has 1 heterocycles. The lowest BCUT2D eigenvalue weighted by Gasteiger charge is -2.31. The smallest absolute Gasteiger partial charge is 0.287 e. The van der Waals surface area contributed by atoms with Crippen molar-refractivity contribution in [1.29, 1.82) is 0 Å². The van der Waals surface area contributed by atoms with Gasteiger partial charge in [0, 0.05) is 20.0 Å². The zero-order chi connectivity index (χ0) is 12.3. The molecule has 1 saturated heterocycles. The fourth-order valence-electron chi connectivity index (χ4n) is 2.15. The van der Waals surface area contributed by atoms with E-state index in [1.807, 2.05) is 0 Å². The number of ketones is 1. The highest BCUT2D eigenvalue weighted by atomic mass is 16.2. The number of hydrogen-bond donors (Lipinski definition) is 1. The number of carbonyl (C=O) groups excluding carboxylic acids is 2. The number of amides is 1. The van der Waals surface area contributed by atoms with E-state index in [2.05, 4.69) is 31.1 Å². The van der Waals surface area contributed by atoms with E-state index in [0.717, 1.165) is 13.1 Å². The van der Waals surface area contributed by atoms with Gasteiger partial charge < -0.3 is 10.2 Å². The molecule has 1 aliphatic heterocycles. The van der Waals surface area contributed by atoms with Crippen molar-refractivity contribution in [3.05, 3.63) is 0 Å². The molecule has 1 atom stereocenters. The fourth-order valence-corrected chi connectivity index (χ4v) is 2.15. The first-order valence-electron chi connectivity index (χ1n) is 5.80. The molecule has 16 heavy (non-hydrogen) atoms. The molecule has 0 radical (unpaired) electrons. The summed E-state index contributed by atoms with van der Waals surface area (Å²) in [5.41, 5.74) is 0.0515. The maximum atomic E-state index is 11.2. The van der Waals surface area contributed by atoms with Crippen molar-refractivity contribution >= 4 is 11.7 Å². The number of likely N-dealkylation sites (tertiary alicyclic amines) is 1. The lowest BCUT2D eigenvalue weighted by Crippen LogP contribution is -2.41. The van der Waals surface area contributed by atoms with Gasteiger partial charge in [0.05, 0.1) is 0 Å². The van der Waals surface area contributed by atoms with Gasteiger partial charge in [-0.05, 0) is 31.3 Å². The molecule has 1 fully saturated rings. The normalized spacial score (nSPS) is 22.1. The average molecular weight is 226 g/mol. The first-order chi connectivity index (χ1) is 7.33. The first-order valence-corrected chi connectivity index (χ1v) is 5.80. The van der Waals surface area contributed by atoms with E-state index >= 15 is 0 Å². The molecule has 0 saturated carbocycles. The second-order valence-electron chi connectivity index (χ2n) is 5.48. The Kier molecular flexibility index (Phi) is 4.08. The van der Waals surface area contributed by atoms with Crippen molar-refractivity contribution in [1.82, 2.24) is 10.2 Å². The Morgan fingerprint density at radius 2 is 2.06 bits per heavy atom. The summed E-state index contributed by atoms with van der Waals surface area (Å²) in [6, 6.07) is 0. The number of rotatable bonds is 4. The summed E-state index contributed by atoms with van der Waals surface area (Å²) < 4.78 is 0. The largest absolute Gasteiger partial charge is 0.349 e. The molecule has 1 unspecified atom stereocenters. The second kappa shape index (κ2) is 4.95. The molecule has 1 N–H and O–H groups in total. The van der Waals surface area contributed by atoms with Crippen molar-refractivity contribution in [3.8, 4) is 0 Å². The van der Waals surface area contributed by atoms with Crippen molar-refractivity contribution in [2.75, 3.05) is 26.7 Å². The fraction of sp³-hybridized carbons (Fsp3) is 0.833. The van der Waals surface area contributed by atoms with Crippen LogP contribution in [-0.4, -0.2) is 43.3 Å². The van der Waals surface area contributed by atoms with Gasteiger partial charge in [-0.2, -0.15) is 0 Å². The second-order valence-corrected chi connectivity index (χ2v) is 5.48. The third-order valence-electron chi connectivity index (χ3n) is 3.52. The van der Waals surface area contributed by atoms with Crippen LogP contribution in [0.5, 0.6) is 0 Å². The Morgan fingerprint density at radius 3 is 2.50 bits per heavy atom. The lowest BCUT2D eigenvalue weighted by molar-refractivity contribution is -0.137. The molecule has 0 aliphatic carbocycles. The van der Waals surface area contributed by atoms with E-state index in [1.165, 1.54) is 13.3 Å². The highest BCUT2D eigenvalue weighted by molar-refractivity contribution is 6.35. The number of nitrogens with zero attached hydrogens (tertiary/aromatic N) is 1. The minimum absolute atomic E-state index is 0.0515. The predicted octanol–water partition coefficient (Wildman–Crippen LogP) is 0.670. The van der Waals surface area contributed by atoms with Gasteiger partial charge in [-0.3, -0.25) is 9.59 Å². The summed E-state index contributed by atoms with van der Waals surface area (Å²) in [4.78, 5) is 24.3. The van der Waals surface area contributed by atoms with Gasteiger partial charge in [0.25, 0.3) is 5.91 Å². The molecule has 4 nitrogen and oxygen atoms in total. The van der Waals surface area contributed by atoms with E-state index < -0.39 is 11.7 Å². The average Bonchev–Trinajstić information content (AvgIpc) is 2.61. The third kappa shape index (κ3) is 3.30. The molecule has 0 aromatic carbocycles. The van der Waals surface area contributed by atoms with Crippen molar-refractivity contribution in [3.63, 3.8) is 0 Å². The van der Waals surface area contributed by atoms with Gasteiger partial charge in [-0.1, -0.05) is 13.8 Å². The molecular weight excluding hydrogens is 204 g/mol. The number of Topliss-reactive ketones (excluding diaryl/α,β-unsaturated/α-hetero) is 1. The van der Waals surface area contributed by atoms with Gasteiger partial charge in [0.15, 0.2) is 0 Å². The van der Waals surface area contributed by atoms with Crippen LogP contribution in [0.1, 0.15) is 27.2 Å². The molecule has 1 rings (SSSR count). The molecule has 4 heteroatoms. The van der Waals surface area contributed by atoms with E-state index in [4.69, 9.17) is 0 Å². The monoisotopic (exact) mass is 226 g/mol. The van der Waals surface area contributed by atoms with E-state index in [0.29, 0.717) is 12.5 Å². The van der Waals surface area contributed by atoms with Crippen LogP contribution in [0.3, 0.4) is 0 Å². The zero-order valence-electron chi connectivity index (χ0n) is 10.7. The summed E-state index contributed by atoms with van der Waals surface area (Å²) in [6.07, 6.45) is 1.17. The molecule has 0 aromatic rings. The predicted molar refractivity (Wildman–Crippen MR) is 63.1 cm³/mol. The minimum atomic E-state index is -0.473. The minimum Gasteiger partial charge on any atom is -0.349 e. The molecule has 1 aliphatic rings. The Morgan fingerprint density at radius 1 is 1.44 bits per heavy atom. The highest BCUT2D eigenvalue weighted by Gasteiger charge is 2.34. The summed E-state index contributed by atoms with van der Waals surface area (Å²) in [5.74, 6) is -0.302. The number of hydrogen-bond acceptors (Lipinski definition) is 3. The quantitative estimate of drug-likeness (QED) is 0.717. The van der Waals surface area contributed by atoms with Crippen molar-refractivity contribution in [2.24, 2.45) is 11.3 Å². The van der Waals surface area contributed by atoms with Crippen LogP contribution >= 0.6 is 0 Å². The van der Waals surface area contributed by atoms with Gasteiger partial charge >= 0.3 is 0 Å². The Bertz CT molecular complexity index is 287. The van der Waals surface area contributed by atoms with Gasteiger partial charge in [0.1, 0.15) is 0 Å². The van der Waals surface area contributed by atoms with Crippen LogP contribution in [0.15, 0.2) is 0 Å². The maximum Gasteiger partial charge on any atom is 0.287 e. The lowest BCUT2D eigenvalue weighted by atomic mass is 9.78. The highest BCUT2D eigenvalue weighted by Crippen LogP contribution is 2.33. The van der Waals surface area contributed by atoms with Crippen molar-refractivity contribution in [2.45, 2.75) is 27.2 Å². The van der Waals surface area contributed by atoms with E-state index in [9.17, 15) is 9.59 Å². The van der Waals surface area contributed by atoms with Crippen LogP contribution in [0.2, 0.25) is 0 Å². The van der Waals surface area contributed by atoms with Crippen LogP contribution < -0.4 is 5.32 Å². The zero-order valence-corrected chi connectivity index (χ0v) is 10.7. The standard InChI is InChI=1S/C12H22N2O2/c1-9(15)11(16)13-8-12(2,3)10-5-6-14(4)7-10/h10H,5-8H2,1-4H3,(H,13,16). The van der Waals surface area contributed by atoms with Crippen molar-refractivity contribution < 1.29 is 9.59 Å². The van der Waals surface area contributed by atoms with Crippen LogP contribution in [0.25, 0.3) is 0 Å². The summed E-state index contributed by atoms with van der Waals surface area (Å²) >= 11 is 0. The molecule has 0 aromatic heterocycles. The summed E-state index contributed by atoms with van der Waals surface area (Å²) in [7, 11) is 2.12. The molecule has 1 amide bonds. The van der Waals surface area contributed by atoms with E-state index in [1.54, 1.807) is 0 Å². The maximum absolute atomic E-state index is 11.2. The topological polar surface area (TPSA) is 49.4 Å². The van der Waals surface area contributed by atoms with Gasteiger partial charge in [-0.15, -0.1) is 0 Å². The van der Waals surface area contributed by atoms with Gasteiger partial charge in [-0.25, -0.2) is 0 Å². The Balaban J connectivity index is 2.45. The first kappa shape index (κ1) is 13.2. The summed E-state index contributed by atoms with van der Waals surface area (Å²) in [6.45, 7) is 8.36. The van der Waals surface area contributed by atoms with Crippen LogP contribution in [-0.2, 0) is 9.59 Å². The SMILES string of the molecule is CC(=O)C(=O)NCC(C)(C)C1CCN(C)C1.